The summed E-state index contributed by atoms with van der Waals surface area (Å²) in [6.07, 6.45) is 4.74. The molecule has 2 aromatic rings. The van der Waals surface area contributed by atoms with Crippen LogP contribution in [0.15, 0.2) is 36.0 Å². The predicted molar refractivity (Wildman–Crippen MR) is 87.2 cm³/mol. The SMILES string of the molecule is Cc1cnc([C@@H]2CCN(C(=O)C3=Cc4ccccc4OC3)C2)[nH]1. The van der Waals surface area contributed by atoms with E-state index in [1.807, 2.05) is 48.4 Å². The molecule has 4 rings (SSSR count). The molecule has 2 aliphatic rings. The third kappa shape index (κ3) is 2.63. The average Bonchev–Trinajstić information content (AvgIpc) is 3.22. The topological polar surface area (TPSA) is 58.2 Å². The van der Waals surface area contributed by atoms with Crippen molar-refractivity contribution >= 4 is 12.0 Å². The molecule has 118 valence electrons. The molecular weight excluding hydrogens is 290 g/mol. The monoisotopic (exact) mass is 309 g/mol. The number of ether oxygens (including phenoxy) is 1. The first-order valence-electron chi connectivity index (χ1n) is 7.94. The van der Waals surface area contributed by atoms with Gasteiger partial charge in [-0.2, -0.15) is 0 Å². The van der Waals surface area contributed by atoms with E-state index in [9.17, 15) is 4.79 Å². The van der Waals surface area contributed by atoms with Crippen molar-refractivity contribution in [1.29, 1.82) is 0 Å². The number of aromatic nitrogens is 2. The summed E-state index contributed by atoms with van der Waals surface area (Å²) in [5, 5.41) is 0. The standard InChI is InChI=1S/C18H19N3O2/c1-12-9-19-17(20-12)14-6-7-21(10-14)18(22)15-8-13-4-2-3-5-16(13)23-11-15/h2-5,8-9,14H,6-7,10-11H2,1H3,(H,19,20)/t14-/m1/s1. The smallest absolute Gasteiger partial charge is 0.253 e. The van der Waals surface area contributed by atoms with E-state index in [0.29, 0.717) is 19.1 Å². The first-order valence-corrected chi connectivity index (χ1v) is 7.94. The second-order valence-corrected chi connectivity index (χ2v) is 6.18. The Morgan fingerprint density at radius 1 is 1.39 bits per heavy atom. The number of nitrogens with one attached hydrogen (secondary N) is 1. The van der Waals surface area contributed by atoms with Gasteiger partial charge in [0.05, 0.1) is 5.57 Å². The molecule has 5 nitrogen and oxygen atoms in total. The number of aromatic amines is 1. The second-order valence-electron chi connectivity index (χ2n) is 6.18. The Morgan fingerprint density at radius 2 is 2.26 bits per heavy atom. The van der Waals surface area contributed by atoms with Crippen LogP contribution in [0.3, 0.4) is 0 Å². The van der Waals surface area contributed by atoms with Crippen molar-refractivity contribution < 1.29 is 9.53 Å². The quantitative estimate of drug-likeness (QED) is 0.927. The summed E-state index contributed by atoms with van der Waals surface area (Å²) in [6, 6.07) is 7.80. The van der Waals surface area contributed by atoms with E-state index < -0.39 is 0 Å². The fourth-order valence-corrected chi connectivity index (χ4v) is 3.25. The maximum atomic E-state index is 12.7. The number of imidazole rings is 1. The number of aryl methyl sites for hydroxylation is 1. The average molecular weight is 309 g/mol. The molecule has 1 aromatic heterocycles. The van der Waals surface area contributed by atoms with Crippen LogP contribution in [0.5, 0.6) is 5.75 Å². The molecule has 23 heavy (non-hydrogen) atoms. The van der Waals surface area contributed by atoms with Gasteiger partial charge in [0.25, 0.3) is 5.91 Å². The number of H-pyrrole nitrogens is 1. The largest absolute Gasteiger partial charge is 0.488 e. The van der Waals surface area contributed by atoms with Crippen LogP contribution in [-0.2, 0) is 4.79 Å². The Balaban J connectivity index is 1.49. The molecule has 1 fully saturated rings. The molecule has 0 unspecified atom stereocenters. The Bertz CT molecular complexity index is 778. The van der Waals surface area contributed by atoms with Gasteiger partial charge < -0.3 is 14.6 Å². The first kappa shape index (κ1) is 14.1. The normalized spacial score (nSPS) is 20.0. The zero-order valence-electron chi connectivity index (χ0n) is 13.1. The maximum Gasteiger partial charge on any atom is 0.253 e. The van der Waals surface area contributed by atoms with Gasteiger partial charge >= 0.3 is 0 Å². The summed E-state index contributed by atoms with van der Waals surface area (Å²) < 4.78 is 5.70. The molecule has 1 amide bonds. The number of fused-ring (bicyclic) bond motifs is 1. The van der Waals surface area contributed by atoms with Crippen molar-refractivity contribution in [3.8, 4) is 5.75 Å². The fourth-order valence-electron chi connectivity index (χ4n) is 3.25. The molecule has 2 aliphatic heterocycles. The highest BCUT2D eigenvalue weighted by Crippen LogP contribution is 2.29. The Morgan fingerprint density at radius 3 is 3.09 bits per heavy atom. The van der Waals surface area contributed by atoms with E-state index in [0.717, 1.165) is 41.4 Å². The number of para-hydroxylation sites is 1. The van der Waals surface area contributed by atoms with Gasteiger partial charge in [0, 0.05) is 36.5 Å². The first-order chi connectivity index (χ1) is 11.2. The zero-order valence-corrected chi connectivity index (χ0v) is 13.1. The minimum Gasteiger partial charge on any atom is -0.488 e. The Kier molecular flexibility index (Phi) is 3.41. The Labute approximate surface area is 135 Å². The molecule has 3 heterocycles. The maximum absolute atomic E-state index is 12.7. The highest BCUT2D eigenvalue weighted by molar-refractivity contribution is 5.99. The van der Waals surface area contributed by atoms with Crippen LogP contribution in [0.25, 0.3) is 6.08 Å². The van der Waals surface area contributed by atoms with E-state index in [2.05, 4.69) is 9.97 Å². The molecule has 1 saturated heterocycles. The summed E-state index contributed by atoms with van der Waals surface area (Å²) in [5.41, 5.74) is 2.75. The molecule has 0 radical (unpaired) electrons. The predicted octanol–water partition coefficient (Wildman–Crippen LogP) is 2.51. The summed E-state index contributed by atoms with van der Waals surface area (Å²) in [4.78, 5) is 22.3. The lowest BCUT2D eigenvalue weighted by atomic mass is 10.1. The third-order valence-corrected chi connectivity index (χ3v) is 4.49. The van der Waals surface area contributed by atoms with Crippen LogP contribution in [0.1, 0.15) is 29.4 Å². The van der Waals surface area contributed by atoms with Crippen LogP contribution in [0.2, 0.25) is 0 Å². The van der Waals surface area contributed by atoms with Crippen molar-refractivity contribution in [2.75, 3.05) is 19.7 Å². The third-order valence-electron chi connectivity index (χ3n) is 4.49. The van der Waals surface area contributed by atoms with Gasteiger partial charge in [0.15, 0.2) is 0 Å². The summed E-state index contributed by atoms with van der Waals surface area (Å²) >= 11 is 0. The summed E-state index contributed by atoms with van der Waals surface area (Å²) in [5.74, 6) is 2.20. The molecule has 1 aromatic carbocycles. The van der Waals surface area contributed by atoms with Gasteiger partial charge in [-0.3, -0.25) is 4.79 Å². The number of carbonyl (C=O) groups is 1. The van der Waals surface area contributed by atoms with E-state index in [1.54, 1.807) is 0 Å². The lowest BCUT2D eigenvalue weighted by Gasteiger charge is -2.22. The van der Waals surface area contributed by atoms with E-state index in [4.69, 9.17) is 4.74 Å². The second kappa shape index (κ2) is 5.57. The van der Waals surface area contributed by atoms with Crippen molar-refractivity contribution in [2.45, 2.75) is 19.3 Å². The highest BCUT2D eigenvalue weighted by atomic mass is 16.5. The number of benzene rings is 1. The van der Waals surface area contributed by atoms with Gasteiger partial charge in [-0.15, -0.1) is 0 Å². The van der Waals surface area contributed by atoms with Crippen LogP contribution >= 0.6 is 0 Å². The molecular formula is C18H19N3O2. The molecule has 0 aliphatic carbocycles. The lowest BCUT2D eigenvalue weighted by Crippen LogP contribution is -2.32. The number of hydrogen-bond donors (Lipinski definition) is 1. The number of hydrogen-bond acceptors (Lipinski definition) is 3. The molecule has 0 spiro atoms. The lowest BCUT2D eigenvalue weighted by molar-refractivity contribution is -0.126. The minimum absolute atomic E-state index is 0.0743. The van der Waals surface area contributed by atoms with Crippen molar-refractivity contribution in [3.05, 3.63) is 53.1 Å². The minimum atomic E-state index is 0.0743. The highest BCUT2D eigenvalue weighted by Gasteiger charge is 2.31. The van der Waals surface area contributed by atoms with Crippen molar-refractivity contribution in [2.24, 2.45) is 0 Å². The van der Waals surface area contributed by atoms with Gasteiger partial charge in [-0.25, -0.2) is 4.98 Å². The zero-order chi connectivity index (χ0) is 15.8. The molecule has 0 bridgehead atoms. The van der Waals surface area contributed by atoms with Crippen LogP contribution in [0, 0.1) is 6.92 Å². The number of nitrogens with zero attached hydrogens (tertiary/aromatic N) is 2. The van der Waals surface area contributed by atoms with Gasteiger partial charge in [0.2, 0.25) is 0 Å². The number of carbonyl (C=O) groups excluding carboxylic acids is 1. The molecule has 1 atom stereocenters. The number of likely N-dealkylation sites (tertiary alicyclic amines) is 1. The molecule has 1 N–H and O–H groups in total. The van der Waals surface area contributed by atoms with E-state index in [1.165, 1.54) is 0 Å². The van der Waals surface area contributed by atoms with E-state index >= 15 is 0 Å². The van der Waals surface area contributed by atoms with Crippen LogP contribution in [-0.4, -0.2) is 40.5 Å². The van der Waals surface area contributed by atoms with Gasteiger partial charge in [-0.1, -0.05) is 18.2 Å². The number of rotatable bonds is 2. The number of amides is 1. The fraction of sp³-hybridized carbons (Fsp3) is 0.333. The van der Waals surface area contributed by atoms with Crippen LogP contribution in [0.4, 0.5) is 0 Å². The van der Waals surface area contributed by atoms with Crippen molar-refractivity contribution in [3.63, 3.8) is 0 Å². The Hall–Kier alpha value is -2.56. The van der Waals surface area contributed by atoms with Gasteiger partial charge in [-0.05, 0) is 25.5 Å². The molecule has 5 heteroatoms. The summed E-state index contributed by atoms with van der Waals surface area (Å²) in [7, 11) is 0. The van der Waals surface area contributed by atoms with E-state index in [-0.39, 0.29) is 5.91 Å². The summed E-state index contributed by atoms with van der Waals surface area (Å²) in [6.45, 7) is 3.82. The van der Waals surface area contributed by atoms with Gasteiger partial charge in [0.1, 0.15) is 18.2 Å². The van der Waals surface area contributed by atoms with Crippen LogP contribution < -0.4 is 4.74 Å². The molecule has 0 saturated carbocycles. The van der Waals surface area contributed by atoms with Crippen molar-refractivity contribution in [1.82, 2.24) is 14.9 Å².